The molecule has 1 unspecified atom stereocenters. The molecule has 0 aliphatic rings. The quantitative estimate of drug-likeness (QED) is 0.724. The Morgan fingerprint density at radius 3 is 2.35 bits per heavy atom. The molecule has 1 atom stereocenters. The van der Waals surface area contributed by atoms with E-state index in [1.54, 1.807) is 0 Å². The minimum atomic E-state index is -4.24. The molecule has 11 heteroatoms. The molecule has 0 aromatic heterocycles. The van der Waals surface area contributed by atoms with Crippen molar-refractivity contribution in [2.75, 3.05) is 24.6 Å². The topological polar surface area (TPSA) is 121 Å². The van der Waals surface area contributed by atoms with Gasteiger partial charge in [0.1, 0.15) is 10.7 Å². The van der Waals surface area contributed by atoms with Crippen LogP contribution in [0, 0.1) is 11.7 Å². The van der Waals surface area contributed by atoms with Crippen LogP contribution in [0.4, 0.5) is 10.1 Å². The number of nitrogens with one attached hydrogen (secondary N) is 1. The normalized spacial score (nSPS) is 13.8. The molecule has 0 aliphatic heterocycles. The lowest BCUT2D eigenvalue weighted by atomic mass is 10.2. The van der Waals surface area contributed by atoms with Gasteiger partial charge in [-0.05, 0) is 18.2 Å². The standard InChI is InChI=1S/C12H17FN2O6S2/c1-8(12(16)17)7-15(2)23(20,21)11-5-4-9(6-10(11)13)14-22(3,18)19/h4-6,8,14H,7H2,1-3H3,(H,16,17). The number of rotatable bonds is 7. The predicted octanol–water partition coefficient (Wildman–Crippen LogP) is 0.538. The molecule has 0 aliphatic carbocycles. The van der Waals surface area contributed by atoms with Crippen molar-refractivity contribution in [1.29, 1.82) is 0 Å². The van der Waals surface area contributed by atoms with Crippen molar-refractivity contribution in [1.82, 2.24) is 4.31 Å². The van der Waals surface area contributed by atoms with Crippen molar-refractivity contribution in [3.8, 4) is 0 Å². The smallest absolute Gasteiger partial charge is 0.307 e. The lowest BCUT2D eigenvalue weighted by Crippen LogP contribution is -2.34. The van der Waals surface area contributed by atoms with Gasteiger partial charge in [-0.2, -0.15) is 4.31 Å². The van der Waals surface area contributed by atoms with Gasteiger partial charge in [0.15, 0.2) is 0 Å². The van der Waals surface area contributed by atoms with Crippen LogP contribution < -0.4 is 4.72 Å². The molecular formula is C12H17FN2O6S2. The number of nitrogens with zero attached hydrogens (tertiary/aromatic N) is 1. The number of hydrogen-bond donors (Lipinski definition) is 2. The minimum absolute atomic E-state index is 0.120. The van der Waals surface area contributed by atoms with E-state index in [0.29, 0.717) is 0 Å². The summed E-state index contributed by atoms with van der Waals surface area (Å²) >= 11 is 0. The fraction of sp³-hybridized carbons (Fsp3) is 0.417. The zero-order valence-electron chi connectivity index (χ0n) is 12.6. The van der Waals surface area contributed by atoms with E-state index >= 15 is 0 Å². The number of halogens is 1. The van der Waals surface area contributed by atoms with Gasteiger partial charge in [0.05, 0.1) is 17.9 Å². The number of aliphatic carboxylic acids is 1. The molecule has 8 nitrogen and oxygen atoms in total. The summed E-state index contributed by atoms with van der Waals surface area (Å²) in [7, 11) is -6.73. The number of benzene rings is 1. The Bertz CT molecular complexity index is 807. The first-order valence-corrected chi connectivity index (χ1v) is 9.64. The van der Waals surface area contributed by atoms with Crippen LogP contribution in [0.3, 0.4) is 0 Å². The van der Waals surface area contributed by atoms with Crippen molar-refractivity contribution in [2.45, 2.75) is 11.8 Å². The lowest BCUT2D eigenvalue weighted by molar-refractivity contribution is -0.141. The zero-order valence-corrected chi connectivity index (χ0v) is 14.3. The highest BCUT2D eigenvalue weighted by molar-refractivity contribution is 7.92. The third-order valence-corrected chi connectivity index (χ3v) is 5.34. The molecule has 0 amide bonds. The Kier molecular flexibility index (Phi) is 5.72. The van der Waals surface area contributed by atoms with Crippen molar-refractivity contribution in [3.05, 3.63) is 24.0 Å². The maximum atomic E-state index is 14.0. The van der Waals surface area contributed by atoms with Gasteiger partial charge in [0.25, 0.3) is 0 Å². The Morgan fingerprint density at radius 1 is 1.35 bits per heavy atom. The van der Waals surface area contributed by atoms with Gasteiger partial charge in [-0.3, -0.25) is 9.52 Å². The van der Waals surface area contributed by atoms with E-state index in [-0.39, 0.29) is 12.2 Å². The van der Waals surface area contributed by atoms with Crippen LogP contribution in [0.25, 0.3) is 0 Å². The van der Waals surface area contributed by atoms with Gasteiger partial charge in [-0.1, -0.05) is 6.92 Å². The number of hydrogen-bond acceptors (Lipinski definition) is 5. The van der Waals surface area contributed by atoms with E-state index in [1.807, 2.05) is 4.72 Å². The van der Waals surface area contributed by atoms with Crippen molar-refractivity contribution < 1.29 is 31.1 Å². The third-order valence-electron chi connectivity index (χ3n) is 2.88. The molecule has 0 radical (unpaired) electrons. The van der Waals surface area contributed by atoms with E-state index < -0.39 is 42.6 Å². The molecule has 1 aromatic carbocycles. The second-order valence-corrected chi connectivity index (χ2v) is 8.81. The third kappa shape index (κ3) is 5.15. The Labute approximate surface area is 134 Å². The molecule has 23 heavy (non-hydrogen) atoms. The van der Waals surface area contributed by atoms with Crippen LogP contribution in [0.5, 0.6) is 0 Å². The van der Waals surface area contributed by atoms with Crippen molar-refractivity contribution in [2.24, 2.45) is 5.92 Å². The summed E-state index contributed by atoms with van der Waals surface area (Å²) in [5, 5.41) is 8.81. The predicted molar refractivity (Wildman–Crippen MR) is 81.5 cm³/mol. The Balaban J connectivity index is 3.12. The first-order chi connectivity index (χ1) is 10.3. The fourth-order valence-corrected chi connectivity index (χ4v) is 3.57. The average Bonchev–Trinajstić information content (AvgIpc) is 2.35. The summed E-state index contributed by atoms with van der Waals surface area (Å²) in [5.41, 5.74) is -0.120. The van der Waals surface area contributed by atoms with E-state index in [9.17, 15) is 26.0 Å². The summed E-state index contributed by atoms with van der Waals surface area (Å²) in [5.74, 6) is -3.29. The molecule has 0 spiro atoms. The molecule has 130 valence electrons. The molecule has 1 aromatic rings. The number of carboxylic acids is 1. The maximum absolute atomic E-state index is 14.0. The minimum Gasteiger partial charge on any atom is -0.481 e. The van der Waals surface area contributed by atoms with Gasteiger partial charge < -0.3 is 5.11 Å². The molecule has 0 saturated carbocycles. The first-order valence-electron chi connectivity index (χ1n) is 6.31. The summed E-state index contributed by atoms with van der Waals surface area (Å²) in [6, 6.07) is 2.76. The second-order valence-electron chi connectivity index (χ2n) is 5.04. The monoisotopic (exact) mass is 368 g/mol. The summed E-state index contributed by atoms with van der Waals surface area (Å²) in [6.07, 6.45) is 0.872. The van der Waals surface area contributed by atoms with Crippen molar-refractivity contribution in [3.63, 3.8) is 0 Å². The van der Waals surface area contributed by atoms with E-state index in [1.165, 1.54) is 6.92 Å². The summed E-state index contributed by atoms with van der Waals surface area (Å²) in [4.78, 5) is 10.1. The number of sulfonamides is 2. The van der Waals surface area contributed by atoms with Crippen LogP contribution in [0.2, 0.25) is 0 Å². The van der Waals surface area contributed by atoms with Crippen LogP contribution in [0.1, 0.15) is 6.92 Å². The second kappa shape index (κ2) is 6.81. The average molecular weight is 368 g/mol. The molecule has 0 fully saturated rings. The van der Waals surface area contributed by atoms with Crippen LogP contribution in [-0.4, -0.2) is 52.1 Å². The SMILES string of the molecule is CC(CN(C)S(=O)(=O)c1ccc(NS(C)(=O)=O)cc1F)C(=O)O. The Morgan fingerprint density at radius 2 is 1.91 bits per heavy atom. The van der Waals surface area contributed by atoms with Crippen molar-refractivity contribution >= 4 is 31.7 Å². The Hall–Kier alpha value is -1.72. The van der Waals surface area contributed by atoms with Gasteiger partial charge in [-0.15, -0.1) is 0 Å². The first kappa shape index (κ1) is 19.3. The molecule has 0 bridgehead atoms. The largest absolute Gasteiger partial charge is 0.481 e. The molecule has 2 N–H and O–H groups in total. The number of carbonyl (C=O) groups is 1. The fourth-order valence-electron chi connectivity index (χ4n) is 1.72. The highest BCUT2D eigenvalue weighted by atomic mass is 32.2. The van der Waals surface area contributed by atoms with E-state index in [2.05, 4.69) is 0 Å². The summed E-state index contributed by atoms with van der Waals surface area (Å²) < 4.78 is 63.4. The molecule has 0 saturated heterocycles. The molecule has 0 heterocycles. The van der Waals surface area contributed by atoms with Crippen LogP contribution >= 0.6 is 0 Å². The number of carboxylic acid groups (broad SMARTS) is 1. The highest BCUT2D eigenvalue weighted by Gasteiger charge is 2.27. The summed E-state index contributed by atoms with van der Waals surface area (Å²) in [6.45, 7) is 0.990. The zero-order chi connectivity index (χ0) is 18.0. The highest BCUT2D eigenvalue weighted by Crippen LogP contribution is 2.22. The van der Waals surface area contributed by atoms with Gasteiger partial charge in [0.2, 0.25) is 20.0 Å². The lowest BCUT2D eigenvalue weighted by Gasteiger charge is -2.19. The van der Waals surface area contributed by atoms with Gasteiger partial charge in [-0.25, -0.2) is 21.2 Å². The van der Waals surface area contributed by atoms with Gasteiger partial charge in [0, 0.05) is 13.6 Å². The van der Waals surface area contributed by atoms with E-state index in [4.69, 9.17) is 5.11 Å². The number of anilines is 1. The van der Waals surface area contributed by atoms with Gasteiger partial charge >= 0.3 is 5.97 Å². The van der Waals surface area contributed by atoms with Crippen LogP contribution in [0.15, 0.2) is 23.1 Å². The molecule has 1 rings (SSSR count). The maximum Gasteiger partial charge on any atom is 0.307 e. The molecular weight excluding hydrogens is 351 g/mol. The van der Waals surface area contributed by atoms with E-state index in [0.717, 1.165) is 35.8 Å². The van der Waals surface area contributed by atoms with Crippen LogP contribution in [-0.2, 0) is 24.8 Å².